The zero-order valence-corrected chi connectivity index (χ0v) is 11.9. The summed E-state index contributed by atoms with van der Waals surface area (Å²) in [5.41, 5.74) is 1.03. The number of nitrogens with one attached hydrogen (secondary N) is 1. The van der Waals surface area contributed by atoms with Crippen molar-refractivity contribution in [1.82, 2.24) is 4.72 Å². The molecule has 0 spiro atoms. The van der Waals surface area contributed by atoms with Crippen LogP contribution in [0.5, 0.6) is 0 Å². The molecule has 0 heterocycles. The number of sulfonamides is 1. The highest BCUT2D eigenvalue weighted by Gasteiger charge is 2.18. The van der Waals surface area contributed by atoms with Crippen molar-refractivity contribution in [3.63, 3.8) is 0 Å². The van der Waals surface area contributed by atoms with Crippen molar-refractivity contribution in [2.45, 2.75) is 18.7 Å². The lowest BCUT2D eigenvalue weighted by Gasteiger charge is -2.15. The largest absolute Gasteiger partial charge is 0.216 e. The summed E-state index contributed by atoms with van der Waals surface area (Å²) in [6, 6.07) is 14.4. The molecule has 0 aliphatic carbocycles. The quantitative estimate of drug-likeness (QED) is 0.921. The molecule has 0 amide bonds. The molecule has 2 aromatic rings. The maximum Gasteiger partial charge on any atom is 0.216 e. The van der Waals surface area contributed by atoms with Crippen molar-refractivity contribution < 1.29 is 12.8 Å². The first-order chi connectivity index (χ1) is 9.48. The average Bonchev–Trinajstić information content (AvgIpc) is 2.39. The van der Waals surface area contributed by atoms with Crippen molar-refractivity contribution >= 4 is 10.0 Å². The SMILES string of the molecule is C[C@@H](NS(=O)(=O)Cc1ccccc1)c1ccccc1F. The average molecular weight is 293 g/mol. The Morgan fingerprint density at radius 1 is 1.05 bits per heavy atom. The Hall–Kier alpha value is -1.72. The highest BCUT2D eigenvalue weighted by Crippen LogP contribution is 2.17. The van der Waals surface area contributed by atoms with E-state index < -0.39 is 21.9 Å². The molecule has 0 aliphatic heterocycles. The Kier molecular flexibility index (Phi) is 4.52. The van der Waals surface area contributed by atoms with Crippen LogP contribution in [0.15, 0.2) is 54.6 Å². The molecule has 5 heteroatoms. The minimum Gasteiger partial charge on any atom is -0.212 e. The fraction of sp³-hybridized carbons (Fsp3) is 0.200. The molecule has 3 nitrogen and oxygen atoms in total. The van der Waals surface area contributed by atoms with E-state index in [1.807, 2.05) is 6.07 Å². The molecular weight excluding hydrogens is 277 g/mol. The van der Waals surface area contributed by atoms with E-state index in [2.05, 4.69) is 4.72 Å². The van der Waals surface area contributed by atoms with Gasteiger partial charge in [-0.2, -0.15) is 0 Å². The fourth-order valence-electron chi connectivity index (χ4n) is 1.99. The molecule has 0 saturated carbocycles. The van der Waals surface area contributed by atoms with E-state index >= 15 is 0 Å². The van der Waals surface area contributed by atoms with E-state index in [0.717, 1.165) is 0 Å². The third kappa shape index (κ3) is 3.88. The van der Waals surface area contributed by atoms with Crippen molar-refractivity contribution in [3.05, 3.63) is 71.5 Å². The molecule has 20 heavy (non-hydrogen) atoms. The number of rotatable bonds is 5. The molecule has 0 aliphatic rings. The van der Waals surface area contributed by atoms with Crippen LogP contribution in [0.1, 0.15) is 24.1 Å². The Bertz CT molecular complexity index is 671. The molecule has 106 valence electrons. The summed E-state index contributed by atoms with van der Waals surface area (Å²) in [6.45, 7) is 1.63. The van der Waals surface area contributed by atoms with Gasteiger partial charge in [0.25, 0.3) is 0 Å². The lowest BCUT2D eigenvalue weighted by Crippen LogP contribution is -2.28. The summed E-state index contributed by atoms with van der Waals surface area (Å²) in [6.07, 6.45) is 0. The molecule has 1 N–H and O–H groups in total. The summed E-state index contributed by atoms with van der Waals surface area (Å²) in [7, 11) is -3.52. The predicted molar refractivity (Wildman–Crippen MR) is 77.0 cm³/mol. The number of hydrogen-bond donors (Lipinski definition) is 1. The number of benzene rings is 2. The van der Waals surface area contributed by atoms with Gasteiger partial charge in [0, 0.05) is 11.6 Å². The van der Waals surface area contributed by atoms with Crippen LogP contribution in [0, 0.1) is 5.82 Å². The van der Waals surface area contributed by atoms with Gasteiger partial charge in [0.2, 0.25) is 10.0 Å². The van der Waals surface area contributed by atoms with Crippen LogP contribution in [-0.4, -0.2) is 8.42 Å². The summed E-state index contributed by atoms with van der Waals surface area (Å²) in [5, 5.41) is 0. The van der Waals surface area contributed by atoms with Gasteiger partial charge >= 0.3 is 0 Å². The minimum absolute atomic E-state index is 0.118. The molecule has 2 aromatic carbocycles. The standard InChI is InChI=1S/C15H16FNO2S/c1-12(14-9-5-6-10-15(14)16)17-20(18,19)11-13-7-3-2-4-8-13/h2-10,12,17H,11H2,1H3/t12-/m1/s1. The topological polar surface area (TPSA) is 46.2 Å². The molecule has 1 atom stereocenters. The van der Waals surface area contributed by atoms with Crippen molar-refractivity contribution in [3.8, 4) is 0 Å². The summed E-state index contributed by atoms with van der Waals surface area (Å²) >= 11 is 0. The van der Waals surface area contributed by atoms with E-state index in [-0.39, 0.29) is 5.75 Å². The van der Waals surface area contributed by atoms with Crippen molar-refractivity contribution in [2.75, 3.05) is 0 Å². The molecule has 0 bridgehead atoms. The van der Waals surface area contributed by atoms with E-state index in [0.29, 0.717) is 11.1 Å². The second-order valence-electron chi connectivity index (χ2n) is 4.61. The van der Waals surface area contributed by atoms with Crippen molar-refractivity contribution in [1.29, 1.82) is 0 Å². The van der Waals surface area contributed by atoms with Crippen LogP contribution >= 0.6 is 0 Å². The van der Waals surface area contributed by atoms with Crippen LogP contribution in [0.3, 0.4) is 0 Å². The van der Waals surface area contributed by atoms with Gasteiger partial charge < -0.3 is 0 Å². The zero-order valence-electron chi connectivity index (χ0n) is 11.1. The molecule has 2 rings (SSSR count). The molecule has 0 aromatic heterocycles. The smallest absolute Gasteiger partial charge is 0.212 e. The van der Waals surface area contributed by atoms with Crippen molar-refractivity contribution in [2.24, 2.45) is 0 Å². The Labute approximate surface area is 118 Å². The van der Waals surface area contributed by atoms with Crippen LogP contribution in [0.25, 0.3) is 0 Å². The van der Waals surface area contributed by atoms with Crippen LogP contribution < -0.4 is 4.72 Å². The van der Waals surface area contributed by atoms with Gasteiger partial charge in [0.15, 0.2) is 0 Å². The van der Waals surface area contributed by atoms with Crippen LogP contribution in [-0.2, 0) is 15.8 Å². The van der Waals surface area contributed by atoms with E-state index in [1.165, 1.54) is 6.07 Å². The molecule has 0 saturated heterocycles. The lowest BCUT2D eigenvalue weighted by atomic mass is 10.1. The minimum atomic E-state index is -3.52. The van der Waals surface area contributed by atoms with Crippen LogP contribution in [0.2, 0.25) is 0 Å². The fourth-order valence-corrected chi connectivity index (χ4v) is 3.37. The Morgan fingerprint density at radius 3 is 2.30 bits per heavy atom. The number of hydrogen-bond acceptors (Lipinski definition) is 2. The molecule has 0 fully saturated rings. The van der Waals surface area contributed by atoms with Gasteiger partial charge in [-0.1, -0.05) is 48.5 Å². The number of halogens is 1. The maximum absolute atomic E-state index is 13.6. The molecule has 0 radical (unpaired) electrons. The summed E-state index contributed by atoms with van der Waals surface area (Å²) in [5.74, 6) is -0.533. The van der Waals surface area contributed by atoms with E-state index in [1.54, 1.807) is 49.4 Å². The van der Waals surface area contributed by atoms with Gasteiger partial charge in [0.1, 0.15) is 5.82 Å². The van der Waals surface area contributed by atoms with Crippen LogP contribution in [0.4, 0.5) is 4.39 Å². The van der Waals surface area contributed by atoms with Gasteiger partial charge in [-0.15, -0.1) is 0 Å². The third-order valence-corrected chi connectivity index (χ3v) is 4.35. The Balaban J connectivity index is 2.11. The molecule has 0 unspecified atom stereocenters. The lowest BCUT2D eigenvalue weighted by molar-refractivity contribution is 0.549. The third-order valence-electron chi connectivity index (χ3n) is 2.93. The van der Waals surface area contributed by atoms with Gasteiger partial charge in [-0.25, -0.2) is 17.5 Å². The summed E-state index contributed by atoms with van der Waals surface area (Å²) in [4.78, 5) is 0. The normalized spacial score (nSPS) is 13.1. The second-order valence-corrected chi connectivity index (χ2v) is 6.36. The molecular formula is C15H16FNO2S. The van der Waals surface area contributed by atoms with Gasteiger partial charge in [-0.3, -0.25) is 0 Å². The first-order valence-corrected chi connectivity index (χ1v) is 7.91. The van der Waals surface area contributed by atoms with E-state index in [9.17, 15) is 12.8 Å². The highest BCUT2D eigenvalue weighted by atomic mass is 32.2. The first-order valence-electron chi connectivity index (χ1n) is 6.26. The van der Waals surface area contributed by atoms with Gasteiger partial charge in [0.05, 0.1) is 5.75 Å². The second kappa shape index (κ2) is 6.15. The monoisotopic (exact) mass is 293 g/mol. The maximum atomic E-state index is 13.6. The van der Waals surface area contributed by atoms with Gasteiger partial charge in [-0.05, 0) is 18.6 Å². The predicted octanol–water partition coefficient (Wildman–Crippen LogP) is 3.01. The first kappa shape index (κ1) is 14.7. The highest BCUT2D eigenvalue weighted by molar-refractivity contribution is 7.88. The Morgan fingerprint density at radius 2 is 1.65 bits per heavy atom. The van der Waals surface area contributed by atoms with E-state index in [4.69, 9.17) is 0 Å². The zero-order chi connectivity index (χ0) is 14.6. The summed E-state index contributed by atoms with van der Waals surface area (Å²) < 4.78 is 40.2.